The van der Waals surface area contributed by atoms with Crippen LogP contribution in [-0.4, -0.2) is 91.0 Å². The molecule has 1 N–H and O–H groups in total. The molecule has 5 aliphatic rings. The molecular weight excluding hydrogens is 632 g/mol. The zero-order valence-electron chi connectivity index (χ0n) is 29.7. The van der Waals surface area contributed by atoms with E-state index in [1.807, 2.05) is 51.1 Å². The maximum atomic E-state index is 13.2. The van der Waals surface area contributed by atoms with Crippen molar-refractivity contribution >= 4 is 5.97 Å². The van der Waals surface area contributed by atoms with Crippen molar-refractivity contribution in [3.05, 3.63) is 35.9 Å². The predicted molar refractivity (Wildman–Crippen MR) is 178 cm³/mol. The van der Waals surface area contributed by atoms with Gasteiger partial charge in [-0.3, -0.25) is 4.79 Å². The Morgan fingerprint density at radius 3 is 2.29 bits per heavy atom. The average Bonchev–Trinajstić information content (AvgIpc) is 3.42. The zero-order chi connectivity index (χ0) is 34.4. The van der Waals surface area contributed by atoms with Crippen molar-refractivity contribution in [2.75, 3.05) is 6.61 Å². The molecule has 6 rings (SSSR count). The normalized spacial score (nSPS) is 40.8. The van der Waals surface area contributed by atoms with E-state index in [0.29, 0.717) is 0 Å². The summed E-state index contributed by atoms with van der Waals surface area (Å²) in [5.74, 6) is -1.25. The number of unbranched alkanes of at least 4 members (excludes halogenated alkanes) is 2. The Bertz CT molecular complexity index is 1170. The lowest BCUT2D eigenvalue weighted by atomic mass is 9.96. The number of hydrogen-bond donors (Lipinski definition) is 1. The Morgan fingerprint density at radius 2 is 1.51 bits per heavy atom. The van der Waals surface area contributed by atoms with E-state index in [1.165, 1.54) is 0 Å². The van der Waals surface area contributed by atoms with Crippen molar-refractivity contribution in [3.63, 3.8) is 0 Å². The van der Waals surface area contributed by atoms with Gasteiger partial charge in [0.1, 0.15) is 36.6 Å². The third-order valence-corrected chi connectivity index (χ3v) is 10.4. The molecule has 5 saturated heterocycles. The lowest BCUT2D eigenvalue weighted by Crippen LogP contribution is -2.66. The monoisotopic (exact) mass is 690 g/mol. The SMILES string of the molecule is CCCCC[C@H]1CCCCCCCCCC(=O)O[C@@H]2[C@@H](O)[C@H](O[C@H]3[C@H](O1)O[C@H](C)[C@@H]1OC(C)(C)O[C@@H]13)O[C@@H]1COC(c3ccccc3)O[C@@H]21. The molecule has 1 unspecified atom stereocenters. The van der Waals surface area contributed by atoms with Gasteiger partial charge in [0.25, 0.3) is 0 Å². The molecule has 11 heteroatoms. The molecule has 276 valence electrons. The molecule has 49 heavy (non-hydrogen) atoms. The van der Waals surface area contributed by atoms with E-state index in [9.17, 15) is 9.90 Å². The Morgan fingerprint density at radius 1 is 0.776 bits per heavy atom. The van der Waals surface area contributed by atoms with E-state index in [4.69, 9.17) is 42.6 Å². The summed E-state index contributed by atoms with van der Waals surface area (Å²) in [6.07, 6.45) is 4.00. The van der Waals surface area contributed by atoms with Gasteiger partial charge in [-0.1, -0.05) is 95.0 Å². The third kappa shape index (κ3) is 9.42. The minimum absolute atomic E-state index is 0.0193. The first-order chi connectivity index (χ1) is 23.7. The molecular formula is C38H58O11. The highest BCUT2D eigenvalue weighted by atomic mass is 16.8. The number of benzene rings is 1. The molecule has 5 heterocycles. The van der Waals surface area contributed by atoms with Crippen LogP contribution < -0.4 is 0 Å². The van der Waals surface area contributed by atoms with Crippen LogP contribution in [0.3, 0.4) is 0 Å². The molecule has 12 atom stereocenters. The number of fused-ring (bicyclic) bond motifs is 7. The minimum atomic E-state index is -1.36. The van der Waals surface area contributed by atoms with Gasteiger partial charge in [0.05, 0.1) is 18.8 Å². The molecule has 11 nitrogen and oxygen atoms in total. The number of aliphatic hydroxyl groups excluding tert-OH is 1. The van der Waals surface area contributed by atoms with Crippen molar-refractivity contribution in [1.29, 1.82) is 0 Å². The number of ether oxygens (including phenoxy) is 9. The summed E-state index contributed by atoms with van der Waals surface area (Å²) >= 11 is 0. The second-order valence-corrected chi connectivity index (χ2v) is 14.8. The van der Waals surface area contributed by atoms with Crippen molar-refractivity contribution in [1.82, 2.24) is 0 Å². The van der Waals surface area contributed by atoms with Gasteiger partial charge in [-0.2, -0.15) is 0 Å². The van der Waals surface area contributed by atoms with Gasteiger partial charge >= 0.3 is 5.97 Å². The van der Waals surface area contributed by atoms with Crippen LogP contribution in [0.4, 0.5) is 0 Å². The first-order valence-corrected chi connectivity index (χ1v) is 18.9. The van der Waals surface area contributed by atoms with Crippen LogP contribution in [-0.2, 0) is 47.4 Å². The molecule has 2 bridgehead atoms. The van der Waals surface area contributed by atoms with Crippen LogP contribution in [0.15, 0.2) is 30.3 Å². The maximum absolute atomic E-state index is 13.2. The van der Waals surface area contributed by atoms with Gasteiger partial charge in [0.2, 0.25) is 0 Å². The summed E-state index contributed by atoms with van der Waals surface area (Å²) in [6, 6.07) is 9.57. The molecule has 5 aliphatic heterocycles. The van der Waals surface area contributed by atoms with Crippen molar-refractivity contribution in [2.24, 2.45) is 0 Å². The number of aliphatic hydroxyl groups is 1. The Kier molecular flexibility index (Phi) is 13.0. The molecule has 0 saturated carbocycles. The Balaban J connectivity index is 1.28. The van der Waals surface area contributed by atoms with Crippen LogP contribution >= 0.6 is 0 Å². The largest absolute Gasteiger partial charge is 0.456 e. The van der Waals surface area contributed by atoms with Crippen molar-refractivity contribution in [3.8, 4) is 0 Å². The second kappa shape index (κ2) is 17.2. The fourth-order valence-corrected chi connectivity index (χ4v) is 7.78. The highest BCUT2D eigenvalue weighted by Crippen LogP contribution is 2.42. The minimum Gasteiger partial charge on any atom is -0.456 e. The van der Waals surface area contributed by atoms with Gasteiger partial charge in [0, 0.05) is 12.0 Å². The standard InChI is InChI=1S/C38H58O11/c1-5-6-13-20-26-21-16-10-8-7-9-11-17-22-28(39)45-32-29(40)36(44-27-23-41-35(46-31(27)32)25-18-14-12-15-19-25)47-34-33-30(48-38(3,4)49-33)24(2)42-37(34)43-26/h12,14-15,18-19,24,26-27,29-37,40H,5-11,13,16-17,20-23H2,1-4H3/t24-,26+,27-,29-,30+,31-,32-,33+,34-,35?,36+,37+/m1/s1. The van der Waals surface area contributed by atoms with E-state index in [-0.39, 0.29) is 31.2 Å². The average molecular weight is 691 g/mol. The molecule has 0 aromatic heterocycles. The molecule has 0 amide bonds. The van der Waals surface area contributed by atoms with Crippen molar-refractivity contribution < 1.29 is 52.5 Å². The summed E-state index contributed by atoms with van der Waals surface area (Å²) in [5.41, 5.74) is 0.824. The first-order valence-electron chi connectivity index (χ1n) is 18.9. The number of esters is 1. The van der Waals surface area contributed by atoms with Crippen LogP contribution in [0, 0.1) is 0 Å². The van der Waals surface area contributed by atoms with E-state index in [0.717, 1.165) is 82.6 Å². The second-order valence-electron chi connectivity index (χ2n) is 14.8. The van der Waals surface area contributed by atoms with Crippen LogP contribution in [0.5, 0.6) is 0 Å². The smallest absolute Gasteiger partial charge is 0.306 e. The number of carbonyl (C=O) groups is 1. The van der Waals surface area contributed by atoms with E-state index in [2.05, 4.69) is 6.92 Å². The van der Waals surface area contributed by atoms with Crippen LogP contribution in [0.25, 0.3) is 0 Å². The predicted octanol–water partition coefficient (Wildman–Crippen LogP) is 6.24. The molecule has 0 spiro atoms. The van der Waals surface area contributed by atoms with Crippen LogP contribution in [0.1, 0.15) is 123 Å². The summed E-state index contributed by atoms with van der Waals surface area (Å²) in [7, 11) is 0. The van der Waals surface area contributed by atoms with Gasteiger partial charge in [-0.25, -0.2) is 0 Å². The molecule has 0 aliphatic carbocycles. The van der Waals surface area contributed by atoms with Gasteiger partial charge in [0.15, 0.2) is 30.8 Å². The highest BCUT2D eigenvalue weighted by molar-refractivity contribution is 5.69. The highest BCUT2D eigenvalue weighted by Gasteiger charge is 2.58. The summed E-state index contributed by atoms with van der Waals surface area (Å²) in [5, 5.41) is 11.9. The van der Waals surface area contributed by atoms with E-state index < -0.39 is 67.4 Å². The quantitative estimate of drug-likeness (QED) is 0.279. The van der Waals surface area contributed by atoms with Gasteiger partial charge in [-0.05, 0) is 40.0 Å². The Labute approximate surface area is 291 Å². The van der Waals surface area contributed by atoms with E-state index in [1.54, 1.807) is 0 Å². The van der Waals surface area contributed by atoms with Crippen molar-refractivity contribution in [2.45, 2.75) is 191 Å². The lowest BCUT2D eigenvalue weighted by molar-refractivity contribution is -0.388. The first kappa shape index (κ1) is 37.1. The number of hydrogen-bond acceptors (Lipinski definition) is 11. The number of rotatable bonds is 5. The lowest BCUT2D eigenvalue weighted by Gasteiger charge is -2.49. The topological polar surface area (TPSA) is 120 Å². The van der Waals surface area contributed by atoms with Gasteiger partial charge < -0.3 is 47.7 Å². The third-order valence-electron chi connectivity index (χ3n) is 10.4. The molecule has 1 aromatic carbocycles. The summed E-state index contributed by atoms with van der Waals surface area (Å²) in [6.45, 7) is 8.07. The molecule has 0 radical (unpaired) electrons. The fourth-order valence-electron chi connectivity index (χ4n) is 7.78. The fraction of sp³-hybridized carbons (Fsp3) is 0.816. The zero-order valence-corrected chi connectivity index (χ0v) is 29.7. The Hall–Kier alpha value is -1.67. The molecule has 1 aromatic rings. The molecule has 5 fully saturated rings. The van der Waals surface area contributed by atoms with E-state index >= 15 is 0 Å². The summed E-state index contributed by atoms with van der Waals surface area (Å²) < 4.78 is 57.7. The van der Waals surface area contributed by atoms with Gasteiger partial charge in [-0.15, -0.1) is 0 Å². The summed E-state index contributed by atoms with van der Waals surface area (Å²) in [4.78, 5) is 13.2. The maximum Gasteiger partial charge on any atom is 0.306 e. The van der Waals surface area contributed by atoms with Crippen LogP contribution in [0.2, 0.25) is 0 Å². The number of carbonyl (C=O) groups excluding carboxylic acids is 1.